The van der Waals surface area contributed by atoms with Crippen molar-refractivity contribution in [2.45, 2.75) is 12.6 Å². The molecule has 3 nitrogen and oxygen atoms in total. The number of halogens is 4. The van der Waals surface area contributed by atoms with Gasteiger partial charge in [-0.1, -0.05) is 6.07 Å². The molecule has 2 heterocycles. The highest BCUT2D eigenvalue weighted by Crippen LogP contribution is 2.30. The largest absolute Gasteiger partial charge is 0.433 e. The molecule has 0 bridgehead atoms. The average Bonchev–Trinajstić information content (AvgIpc) is 2.87. The third kappa shape index (κ3) is 3.83. The number of alkyl halides is 3. The Morgan fingerprint density at radius 1 is 1.35 bits per heavy atom. The van der Waals surface area contributed by atoms with E-state index < -0.39 is 17.2 Å². The van der Waals surface area contributed by atoms with E-state index in [9.17, 15) is 13.2 Å². The van der Waals surface area contributed by atoms with Crippen molar-refractivity contribution in [2.24, 2.45) is 0 Å². The van der Waals surface area contributed by atoms with Crippen LogP contribution in [0.5, 0.6) is 0 Å². The molecule has 0 N–H and O–H groups in total. The topological polar surface area (TPSA) is 29.0 Å². The SMILES string of the molecule is CN(CCc1cccs1)c1cc(C(F)(F)F)nc(Cl)n1. The molecular formula is C12H11ClF3N3S. The van der Waals surface area contributed by atoms with Gasteiger partial charge in [0.05, 0.1) is 0 Å². The zero-order chi connectivity index (χ0) is 14.8. The predicted octanol–water partition coefficient (Wildman–Crippen LogP) is 3.89. The van der Waals surface area contributed by atoms with Crippen molar-refractivity contribution in [1.29, 1.82) is 0 Å². The number of rotatable bonds is 4. The van der Waals surface area contributed by atoms with Gasteiger partial charge >= 0.3 is 6.18 Å². The highest BCUT2D eigenvalue weighted by molar-refractivity contribution is 7.09. The van der Waals surface area contributed by atoms with E-state index >= 15 is 0 Å². The summed E-state index contributed by atoms with van der Waals surface area (Å²) in [5, 5.41) is 1.55. The fraction of sp³-hybridized carbons (Fsp3) is 0.333. The molecule has 0 fully saturated rings. The third-order valence-electron chi connectivity index (χ3n) is 2.64. The second-order valence-corrected chi connectivity index (χ2v) is 5.50. The summed E-state index contributed by atoms with van der Waals surface area (Å²) < 4.78 is 38.0. The van der Waals surface area contributed by atoms with Gasteiger partial charge in [-0.05, 0) is 29.5 Å². The summed E-state index contributed by atoms with van der Waals surface area (Å²) in [5.74, 6) is 0.161. The van der Waals surface area contributed by atoms with E-state index in [4.69, 9.17) is 11.6 Å². The quantitative estimate of drug-likeness (QED) is 0.800. The summed E-state index contributed by atoms with van der Waals surface area (Å²) >= 11 is 7.16. The Kier molecular flexibility index (Phi) is 4.49. The van der Waals surface area contributed by atoms with Gasteiger partial charge in [0.25, 0.3) is 0 Å². The predicted molar refractivity (Wildman–Crippen MR) is 73.3 cm³/mol. The molecule has 2 aromatic heterocycles. The van der Waals surface area contributed by atoms with Gasteiger partial charge in [-0.3, -0.25) is 0 Å². The van der Waals surface area contributed by atoms with Gasteiger partial charge in [-0.15, -0.1) is 11.3 Å². The number of hydrogen-bond donors (Lipinski definition) is 0. The molecule has 0 aromatic carbocycles. The highest BCUT2D eigenvalue weighted by atomic mass is 35.5. The van der Waals surface area contributed by atoms with Crippen LogP contribution in [0, 0.1) is 0 Å². The summed E-state index contributed by atoms with van der Waals surface area (Å²) in [5.41, 5.74) is -1.03. The fourth-order valence-electron chi connectivity index (χ4n) is 1.59. The Morgan fingerprint density at radius 3 is 2.70 bits per heavy atom. The van der Waals surface area contributed by atoms with Crippen LogP contribution in [-0.2, 0) is 12.6 Å². The summed E-state index contributed by atoms with van der Waals surface area (Å²) in [6, 6.07) is 4.82. The minimum atomic E-state index is -4.53. The molecule has 0 saturated heterocycles. The average molecular weight is 322 g/mol. The fourth-order valence-corrected chi connectivity index (χ4v) is 2.47. The van der Waals surface area contributed by atoms with Crippen LogP contribution in [-0.4, -0.2) is 23.6 Å². The first kappa shape index (κ1) is 15.1. The Morgan fingerprint density at radius 2 is 2.10 bits per heavy atom. The first-order chi connectivity index (χ1) is 9.36. The molecule has 0 aliphatic carbocycles. The van der Waals surface area contributed by atoms with Crippen LogP contribution in [0.15, 0.2) is 23.6 Å². The van der Waals surface area contributed by atoms with Crippen molar-refractivity contribution in [3.05, 3.63) is 39.4 Å². The Labute approximate surface area is 123 Å². The molecule has 0 aliphatic heterocycles. The number of likely N-dealkylation sites (N-methyl/N-ethyl adjacent to an activating group) is 1. The lowest BCUT2D eigenvalue weighted by Crippen LogP contribution is -2.22. The molecule has 0 saturated carbocycles. The van der Waals surface area contributed by atoms with Crippen LogP contribution in [0.3, 0.4) is 0 Å². The number of thiophene rings is 1. The lowest BCUT2D eigenvalue weighted by Gasteiger charge is -2.19. The molecular weight excluding hydrogens is 311 g/mol. The molecule has 0 spiro atoms. The van der Waals surface area contributed by atoms with E-state index in [0.29, 0.717) is 6.54 Å². The maximum atomic E-state index is 12.7. The van der Waals surface area contributed by atoms with Crippen LogP contribution in [0.25, 0.3) is 0 Å². The van der Waals surface area contributed by atoms with Crippen molar-refractivity contribution < 1.29 is 13.2 Å². The summed E-state index contributed by atoms with van der Waals surface area (Å²) in [6.45, 7) is 0.547. The third-order valence-corrected chi connectivity index (χ3v) is 3.75. The standard InChI is InChI=1S/C12H11ClF3N3S/c1-19(5-4-8-3-2-6-20-8)10-7-9(12(14,15)16)17-11(13)18-10/h2-3,6-7H,4-5H2,1H3. The van der Waals surface area contributed by atoms with E-state index in [1.54, 1.807) is 23.3 Å². The van der Waals surface area contributed by atoms with E-state index in [2.05, 4.69) is 9.97 Å². The number of hydrogen-bond acceptors (Lipinski definition) is 4. The van der Waals surface area contributed by atoms with Gasteiger partial charge in [0, 0.05) is 24.5 Å². The maximum absolute atomic E-state index is 12.7. The minimum absolute atomic E-state index is 0.161. The molecule has 2 aromatic rings. The Bertz CT molecular complexity index is 572. The maximum Gasteiger partial charge on any atom is 0.433 e. The summed E-state index contributed by atoms with van der Waals surface area (Å²) in [7, 11) is 1.67. The first-order valence-electron chi connectivity index (χ1n) is 5.71. The van der Waals surface area contributed by atoms with Crippen molar-refractivity contribution >= 4 is 28.8 Å². The summed E-state index contributed by atoms with van der Waals surface area (Å²) in [6.07, 6.45) is -3.80. The summed E-state index contributed by atoms with van der Waals surface area (Å²) in [4.78, 5) is 9.82. The number of nitrogens with zero attached hydrogens (tertiary/aromatic N) is 3. The van der Waals surface area contributed by atoms with Gasteiger partial charge in [-0.2, -0.15) is 13.2 Å². The Hall–Kier alpha value is -1.34. The molecule has 0 unspecified atom stereocenters. The first-order valence-corrected chi connectivity index (χ1v) is 6.97. The minimum Gasteiger partial charge on any atom is -0.359 e. The highest BCUT2D eigenvalue weighted by Gasteiger charge is 2.33. The van der Waals surface area contributed by atoms with Crippen LogP contribution < -0.4 is 4.90 Å². The zero-order valence-electron chi connectivity index (χ0n) is 10.5. The molecule has 2 rings (SSSR count). The lowest BCUT2D eigenvalue weighted by molar-refractivity contribution is -0.141. The molecule has 0 atom stereocenters. The van der Waals surface area contributed by atoms with Crippen LogP contribution in [0.4, 0.5) is 19.0 Å². The van der Waals surface area contributed by atoms with Gasteiger partial charge in [0.15, 0.2) is 5.69 Å². The normalized spacial score (nSPS) is 11.7. The van der Waals surface area contributed by atoms with Gasteiger partial charge in [0.1, 0.15) is 5.82 Å². The lowest BCUT2D eigenvalue weighted by atomic mass is 10.3. The van der Waals surface area contributed by atoms with Gasteiger partial charge < -0.3 is 4.90 Å². The second kappa shape index (κ2) is 5.97. The zero-order valence-corrected chi connectivity index (χ0v) is 12.1. The van der Waals surface area contributed by atoms with Crippen LogP contribution >= 0.6 is 22.9 Å². The van der Waals surface area contributed by atoms with E-state index in [0.717, 1.165) is 17.4 Å². The van der Waals surface area contributed by atoms with Gasteiger partial charge in [-0.25, -0.2) is 9.97 Å². The second-order valence-electron chi connectivity index (χ2n) is 4.13. The van der Waals surface area contributed by atoms with Crippen molar-refractivity contribution in [3.63, 3.8) is 0 Å². The van der Waals surface area contributed by atoms with E-state index in [1.807, 2.05) is 17.5 Å². The monoisotopic (exact) mass is 321 g/mol. The molecule has 0 aliphatic rings. The molecule has 8 heteroatoms. The van der Waals surface area contributed by atoms with Crippen molar-refractivity contribution in [3.8, 4) is 0 Å². The number of anilines is 1. The molecule has 0 radical (unpaired) electrons. The van der Waals surface area contributed by atoms with Crippen molar-refractivity contribution in [2.75, 3.05) is 18.5 Å². The number of aromatic nitrogens is 2. The molecule has 108 valence electrons. The van der Waals surface area contributed by atoms with E-state index in [1.165, 1.54) is 0 Å². The van der Waals surface area contributed by atoms with Crippen molar-refractivity contribution in [1.82, 2.24) is 9.97 Å². The van der Waals surface area contributed by atoms with Gasteiger partial charge in [0.2, 0.25) is 5.28 Å². The smallest absolute Gasteiger partial charge is 0.359 e. The molecule has 20 heavy (non-hydrogen) atoms. The Balaban J connectivity index is 2.13. The van der Waals surface area contributed by atoms with E-state index in [-0.39, 0.29) is 5.82 Å². The van der Waals surface area contributed by atoms with Crippen LogP contribution in [0.1, 0.15) is 10.6 Å². The van der Waals surface area contributed by atoms with Crippen LogP contribution in [0.2, 0.25) is 5.28 Å². The molecule has 0 amide bonds.